The zero-order chi connectivity index (χ0) is 27.8. The minimum Gasteiger partial charge on any atom is -0.398 e. The molecule has 5 aromatic rings. The number of hydrogen-bond donors (Lipinski definition) is 3. The summed E-state index contributed by atoms with van der Waals surface area (Å²) >= 11 is 0. The van der Waals surface area contributed by atoms with Gasteiger partial charge in [-0.3, -0.25) is 9.11 Å². The van der Waals surface area contributed by atoms with E-state index < -0.39 is 20.2 Å². The number of benzene rings is 5. The number of hydrogen-bond acceptors (Lipinski definition) is 9. The first-order valence-corrected chi connectivity index (χ1v) is 14.1. The van der Waals surface area contributed by atoms with E-state index in [1.807, 2.05) is 24.3 Å². The van der Waals surface area contributed by atoms with E-state index in [0.29, 0.717) is 33.5 Å². The Kier molecular flexibility index (Phi) is 6.66. The van der Waals surface area contributed by atoms with Crippen LogP contribution in [-0.2, 0) is 20.2 Å². The van der Waals surface area contributed by atoms with Gasteiger partial charge in [0.1, 0.15) is 0 Å². The van der Waals surface area contributed by atoms with Crippen molar-refractivity contribution in [1.29, 1.82) is 0 Å². The molecule has 0 saturated carbocycles. The average molecular weight is 562 g/mol. The lowest BCUT2D eigenvalue weighted by atomic mass is 10.1. The summed E-state index contributed by atoms with van der Waals surface area (Å²) < 4.78 is 65.4. The second-order valence-electron chi connectivity index (χ2n) is 8.38. The molecule has 11 nitrogen and oxygen atoms in total. The fraction of sp³-hybridized carbons (Fsp3) is 0. The van der Waals surface area contributed by atoms with Gasteiger partial charge in [0, 0.05) is 27.2 Å². The van der Waals surface area contributed by atoms with Crippen molar-refractivity contribution in [1.82, 2.24) is 0 Å². The molecule has 0 aromatic heterocycles. The lowest BCUT2D eigenvalue weighted by Gasteiger charge is -2.07. The summed E-state index contributed by atoms with van der Waals surface area (Å²) in [6, 6.07) is 23.2. The van der Waals surface area contributed by atoms with Crippen molar-refractivity contribution in [2.24, 2.45) is 20.5 Å². The molecule has 39 heavy (non-hydrogen) atoms. The molecule has 0 unspecified atom stereocenters. The van der Waals surface area contributed by atoms with E-state index in [9.17, 15) is 25.9 Å². The Bertz CT molecular complexity index is 2040. The molecule has 0 aliphatic carbocycles. The number of nitrogen functional groups attached to an aromatic ring is 1. The van der Waals surface area contributed by atoms with Crippen LogP contribution >= 0.6 is 0 Å². The summed E-state index contributed by atoms with van der Waals surface area (Å²) in [4.78, 5) is -0.688. The van der Waals surface area contributed by atoms with Crippen LogP contribution in [0.1, 0.15) is 0 Å². The number of anilines is 1. The van der Waals surface area contributed by atoms with Gasteiger partial charge >= 0.3 is 0 Å². The molecule has 5 rings (SSSR count). The van der Waals surface area contributed by atoms with Crippen LogP contribution in [0.2, 0.25) is 0 Å². The van der Waals surface area contributed by atoms with Gasteiger partial charge in [0.05, 0.1) is 32.5 Å². The molecule has 0 bridgehead atoms. The third kappa shape index (κ3) is 5.51. The van der Waals surface area contributed by atoms with E-state index in [2.05, 4.69) is 20.5 Å². The molecule has 0 spiro atoms. The van der Waals surface area contributed by atoms with E-state index in [1.54, 1.807) is 24.3 Å². The molecule has 5 aromatic carbocycles. The monoisotopic (exact) mass is 561 g/mol. The minimum absolute atomic E-state index is 0.159. The number of fused-ring (bicyclic) bond motifs is 2. The molecule has 0 aliphatic heterocycles. The Balaban J connectivity index is 1.62. The third-order valence-electron chi connectivity index (χ3n) is 5.83. The Morgan fingerprint density at radius 1 is 0.513 bits per heavy atom. The van der Waals surface area contributed by atoms with Crippen molar-refractivity contribution in [3.63, 3.8) is 0 Å². The second-order valence-corrected chi connectivity index (χ2v) is 11.2. The van der Waals surface area contributed by atoms with E-state index in [0.717, 1.165) is 16.8 Å². The quantitative estimate of drug-likeness (QED) is 0.114. The summed E-state index contributed by atoms with van der Waals surface area (Å²) in [7, 11) is -8.94. The van der Waals surface area contributed by atoms with Gasteiger partial charge in [-0.25, -0.2) is 0 Å². The maximum Gasteiger partial charge on any atom is 0.294 e. The summed E-state index contributed by atoms with van der Waals surface area (Å²) in [5.74, 6) is 0. The molecule has 0 radical (unpaired) electrons. The van der Waals surface area contributed by atoms with Crippen LogP contribution in [-0.4, -0.2) is 25.9 Å². The van der Waals surface area contributed by atoms with Crippen LogP contribution in [0.25, 0.3) is 21.5 Å². The van der Waals surface area contributed by atoms with Crippen LogP contribution < -0.4 is 5.73 Å². The SMILES string of the molecule is Nc1ccc(/N=N/c2ccc(/N=N/c3cccc(S(=O)(=O)O)c3)c3ccc(S(=O)(=O)O)cc23)c2ccccc12. The van der Waals surface area contributed by atoms with Gasteiger partial charge in [0.25, 0.3) is 20.2 Å². The van der Waals surface area contributed by atoms with Gasteiger partial charge < -0.3 is 5.73 Å². The van der Waals surface area contributed by atoms with Crippen LogP contribution in [0.5, 0.6) is 0 Å². The van der Waals surface area contributed by atoms with E-state index >= 15 is 0 Å². The fourth-order valence-corrected chi connectivity index (χ4v) is 4.98. The molecule has 0 saturated heterocycles. The molecular weight excluding hydrogens is 542 g/mol. The molecule has 4 N–H and O–H groups in total. The highest BCUT2D eigenvalue weighted by Crippen LogP contribution is 2.38. The van der Waals surface area contributed by atoms with E-state index in [4.69, 9.17) is 5.73 Å². The van der Waals surface area contributed by atoms with Crippen molar-refractivity contribution in [3.8, 4) is 0 Å². The van der Waals surface area contributed by atoms with Crippen LogP contribution in [0.4, 0.5) is 28.4 Å². The van der Waals surface area contributed by atoms with Crippen molar-refractivity contribution in [2.75, 3.05) is 5.73 Å². The predicted octanol–water partition coefficient (Wildman–Crippen LogP) is 6.90. The average Bonchev–Trinajstić information content (AvgIpc) is 2.91. The summed E-state index contributed by atoms with van der Waals surface area (Å²) in [6.45, 7) is 0. The Morgan fingerprint density at radius 2 is 1.05 bits per heavy atom. The Labute approximate surface area is 222 Å². The van der Waals surface area contributed by atoms with E-state index in [-0.39, 0.29) is 15.5 Å². The molecular formula is C26H19N5O6S2. The highest BCUT2D eigenvalue weighted by atomic mass is 32.2. The van der Waals surface area contributed by atoms with Crippen LogP contribution in [0.15, 0.2) is 121 Å². The van der Waals surface area contributed by atoms with Gasteiger partial charge in [-0.1, -0.05) is 36.4 Å². The first-order chi connectivity index (χ1) is 18.5. The van der Waals surface area contributed by atoms with Gasteiger partial charge in [0.15, 0.2) is 0 Å². The van der Waals surface area contributed by atoms with Crippen LogP contribution in [0.3, 0.4) is 0 Å². The summed E-state index contributed by atoms with van der Waals surface area (Å²) in [5, 5.41) is 19.3. The van der Waals surface area contributed by atoms with E-state index in [1.165, 1.54) is 36.4 Å². The molecule has 0 aliphatic rings. The number of nitrogens with two attached hydrogens (primary N) is 1. The predicted molar refractivity (Wildman–Crippen MR) is 147 cm³/mol. The zero-order valence-corrected chi connectivity index (χ0v) is 21.5. The molecule has 196 valence electrons. The van der Waals surface area contributed by atoms with Gasteiger partial charge in [-0.05, 0) is 54.6 Å². The number of nitrogens with zero attached hydrogens (tertiary/aromatic N) is 4. The Morgan fingerprint density at radius 3 is 1.72 bits per heavy atom. The standard InChI is InChI=1S/C26H19N5O6S2/c27-23-10-11-24(20-7-2-1-6-19(20)23)30-31-26-13-12-25(21-9-8-18(15-22(21)26)39(35,36)37)29-28-16-4-3-5-17(14-16)38(32,33)34/h1-15H,27H2,(H,32,33,34)(H,35,36,37)/b29-28+,31-30+. The Hall–Kier alpha value is -4.56. The lowest BCUT2D eigenvalue weighted by Crippen LogP contribution is -1.97. The highest BCUT2D eigenvalue weighted by molar-refractivity contribution is 7.86. The van der Waals surface area contributed by atoms with Gasteiger partial charge in [-0.15, -0.1) is 15.3 Å². The first-order valence-electron chi connectivity index (χ1n) is 11.2. The number of rotatable bonds is 6. The van der Waals surface area contributed by atoms with Crippen molar-refractivity contribution in [2.45, 2.75) is 9.79 Å². The summed E-state index contributed by atoms with van der Waals surface area (Å²) in [6.07, 6.45) is 0. The number of azo groups is 2. The minimum atomic E-state index is -4.52. The third-order valence-corrected chi connectivity index (χ3v) is 7.53. The lowest BCUT2D eigenvalue weighted by molar-refractivity contribution is 0.481. The topological polar surface area (TPSA) is 184 Å². The molecule has 0 fully saturated rings. The normalized spacial score (nSPS) is 12.7. The first kappa shape index (κ1) is 26.1. The van der Waals surface area contributed by atoms with Crippen molar-refractivity contribution >= 4 is 70.2 Å². The largest absolute Gasteiger partial charge is 0.398 e. The van der Waals surface area contributed by atoms with Crippen LogP contribution in [0, 0.1) is 0 Å². The second kappa shape index (κ2) is 9.96. The molecule has 0 atom stereocenters. The van der Waals surface area contributed by atoms with Crippen molar-refractivity contribution < 1.29 is 25.9 Å². The smallest absolute Gasteiger partial charge is 0.294 e. The van der Waals surface area contributed by atoms with Crippen molar-refractivity contribution in [3.05, 3.63) is 91.0 Å². The fourth-order valence-electron chi connectivity index (χ4n) is 3.95. The highest BCUT2D eigenvalue weighted by Gasteiger charge is 2.14. The van der Waals surface area contributed by atoms with Gasteiger partial charge in [0.2, 0.25) is 0 Å². The molecule has 0 amide bonds. The molecule has 0 heterocycles. The summed E-state index contributed by atoms with van der Waals surface area (Å²) in [5.41, 5.74) is 7.96. The molecule has 13 heteroatoms. The maximum atomic E-state index is 11.8. The maximum absolute atomic E-state index is 11.8. The van der Waals surface area contributed by atoms with Gasteiger partial charge in [-0.2, -0.15) is 21.9 Å². The zero-order valence-electron chi connectivity index (χ0n) is 19.9.